The molecule has 1 aliphatic carbocycles. The molecule has 4 heteroatoms. The second-order valence-electron chi connectivity index (χ2n) is 7.06. The SMILES string of the molecule is O=C(C[NH+]1CCN(c2ccccc2)CC1)NCC1CCCCC1. The quantitative estimate of drug-likeness (QED) is 0.853. The Labute approximate surface area is 139 Å². The van der Waals surface area contributed by atoms with E-state index in [9.17, 15) is 4.79 Å². The van der Waals surface area contributed by atoms with Crippen LogP contribution >= 0.6 is 0 Å². The number of carbonyl (C=O) groups excluding carboxylic acids is 1. The monoisotopic (exact) mass is 316 g/mol. The van der Waals surface area contributed by atoms with Gasteiger partial charge in [0.15, 0.2) is 6.54 Å². The van der Waals surface area contributed by atoms with Crippen LogP contribution in [0, 0.1) is 5.92 Å². The highest BCUT2D eigenvalue weighted by molar-refractivity contribution is 5.76. The molecule has 2 fully saturated rings. The standard InChI is InChI=1S/C19H29N3O/c23-19(20-15-17-7-3-1-4-8-17)16-21-11-13-22(14-12-21)18-9-5-2-6-10-18/h2,5-6,9-10,17H,1,3-4,7-8,11-16H2,(H,20,23)/p+1. The van der Waals surface area contributed by atoms with E-state index in [1.54, 1.807) is 0 Å². The maximum Gasteiger partial charge on any atom is 0.275 e. The average Bonchev–Trinajstić information content (AvgIpc) is 2.62. The number of nitrogens with one attached hydrogen (secondary N) is 2. The number of amides is 1. The Hall–Kier alpha value is -1.55. The van der Waals surface area contributed by atoms with Gasteiger partial charge in [-0.15, -0.1) is 0 Å². The van der Waals surface area contributed by atoms with Crippen molar-refractivity contribution in [3.05, 3.63) is 30.3 Å². The van der Waals surface area contributed by atoms with Crippen LogP contribution in [0.5, 0.6) is 0 Å². The van der Waals surface area contributed by atoms with Crippen molar-refractivity contribution < 1.29 is 9.69 Å². The molecule has 2 aliphatic rings. The summed E-state index contributed by atoms with van der Waals surface area (Å²) in [5, 5.41) is 3.17. The predicted octanol–water partition coefficient (Wildman–Crippen LogP) is 1.09. The second-order valence-corrected chi connectivity index (χ2v) is 7.06. The molecule has 3 rings (SSSR count). The normalized spacial score (nSPS) is 20.4. The molecule has 0 bridgehead atoms. The Balaban J connectivity index is 1.36. The summed E-state index contributed by atoms with van der Waals surface area (Å²) in [5.41, 5.74) is 1.30. The Kier molecular flexibility index (Phi) is 5.92. The van der Waals surface area contributed by atoms with Gasteiger partial charge in [-0.1, -0.05) is 37.5 Å². The third kappa shape index (κ3) is 4.96. The number of quaternary nitrogens is 1. The lowest BCUT2D eigenvalue weighted by Gasteiger charge is -2.33. The fraction of sp³-hybridized carbons (Fsp3) is 0.632. The van der Waals surface area contributed by atoms with Gasteiger partial charge in [0.25, 0.3) is 5.91 Å². The number of anilines is 1. The zero-order valence-corrected chi connectivity index (χ0v) is 14.1. The molecule has 1 saturated heterocycles. The van der Waals surface area contributed by atoms with Gasteiger partial charge >= 0.3 is 0 Å². The molecule has 0 unspecified atom stereocenters. The molecule has 0 radical (unpaired) electrons. The Morgan fingerprint density at radius 3 is 2.48 bits per heavy atom. The minimum absolute atomic E-state index is 0.235. The summed E-state index contributed by atoms with van der Waals surface area (Å²) in [6.45, 7) is 5.69. The molecule has 1 aromatic carbocycles. The van der Waals surface area contributed by atoms with Crippen molar-refractivity contribution in [1.29, 1.82) is 0 Å². The number of para-hydroxylation sites is 1. The third-order valence-corrected chi connectivity index (χ3v) is 5.32. The lowest BCUT2D eigenvalue weighted by Crippen LogP contribution is -3.16. The zero-order chi connectivity index (χ0) is 15.9. The van der Waals surface area contributed by atoms with Crippen LogP contribution in [0.25, 0.3) is 0 Å². The lowest BCUT2D eigenvalue weighted by atomic mass is 9.89. The maximum atomic E-state index is 12.2. The van der Waals surface area contributed by atoms with Gasteiger partial charge in [0.2, 0.25) is 0 Å². The molecular formula is C19H30N3O+. The van der Waals surface area contributed by atoms with Gasteiger partial charge in [-0.25, -0.2) is 0 Å². The Morgan fingerprint density at radius 2 is 1.78 bits per heavy atom. The van der Waals surface area contributed by atoms with Gasteiger partial charge < -0.3 is 15.1 Å². The molecule has 126 valence electrons. The summed E-state index contributed by atoms with van der Waals surface area (Å²) in [6.07, 6.45) is 6.65. The van der Waals surface area contributed by atoms with Crippen molar-refractivity contribution in [3.63, 3.8) is 0 Å². The van der Waals surface area contributed by atoms with E-state index in [1.807, 2.05) is 0 Å². The largest absolute Gasteiger partial charge is 0.360 e. The molecule has 4 nitrogen and oxygen atoms in total. The summed E-state index contributed by atoms with van der Waals surface area (Å²) in [6, 6.07) is 10.6. The minimum Gasteiger partial charge on any atom is -0.360 e. The number of hydrogen-bond acceptors (Lipinski definition) is 2. The third-order valence-electron chi connectivity index (χ3n) is 5.32. The number of benzene rings is 1. The van der Waals surface area contributed by atoms with Gasteiger partial charge in [0.1, 0.15) is 0 Å². The van der Waals surface area contributed by atoms with Crippen LogP contribution < -0.4 is 15.1 Å². The number of piperazine rings is 1. The van der Waals surface area contributed by atoms with Crippen LogP contribution in [0.3, 0.4) is 0 Å². The van der Waals surface area contributed by atoms with Crippen LogP contribution in [0.2, 0.25) is 0 Å². The first-order valence-corrected chi connectivity index (χ1v) is 9.21. The minimum atomic E-state index is 0.235. The molecule has 0 atom stereocenters. The van der Waals surface area contributed by atoms with Crippen LogP contribution in [0.15, 0.2) is 30.3 Å². The molecule has 1 aliphatic heterocycles. The highest BCUT2D eigenvalue weighted by Crippen LogP contribution is 2.22. The summed E-state index contributed by atoms with van der Waals surface area (Å²) in [7, 11) is 0. The first kappa shape index (κ1) is 16.3. The van der Waals surface area contributed by atoms with E-state index in [-0.39, 0.29) is 5.91 Å². The van der Waals surface area contributed by atoms with Gasteiger partial charge in [-0.3, -0.25) is 4.79 Å². The van der Waals surface area contributed by atoms with E-state index >= 15 is 0 Å². The van der Waals surface area contributed by atoms with Gasteiger partial charge in [-0.05, 0) is 30.9 Å². The molecule has 1 aromatic rings. The highest BCUT2D eigenvalue weighted by Gasteiger charge is 2.22. The fourth-order valence-electron chi connectivity index (χ4n) is 3.84. The molecule has 0 spiro atoms. The van der Waals surface area contributed by atoms with Crippen LogP contribution in [0.4, 0.5) is 5.69 Å². The van der Waals surface area contributed by atoms with Crippen LogP contribution in [0.1, 0.15) is 32.1 Å². The van der Waals surface area contributed by atoms with Crippen molar-refractivity contribution in [2.45, 2.75) is 32.1 Å². The van der Waals surface area contributed by atoms with E-state index in [2.05, 4.69) is 40.5 Å². The summed E-state index contributed by atoms with van der Waals surface area (Å²) < 4.78 is 0. The Bertz CT molecular complexity index is 477. The van der Waals surface area contributed by atoms with E-state index in [0.717, 1.165) is 38.6 Å². The smallest absolute Gasteiger partial charge is 0.275 e. The first-order chi connectivity index (χ1) is 11.3. The molecule has 0 aromatic heterocycles. The van der Waals surface area contributed by atoms with E-state index in [1.165, 1.54) is 42.7 Å². The maximum absolute atomic E-state index is 12.2. The molecule has 1 amide bonds. The Morgan fingerprint density at radius 1 is 1.09 bits per heavy atom. The molecule has 23 heavy (non-hydrogen) atoms. The first-order valence-electron chi connectivity index (χ1n) is 9.21. The van der Waals surface area contributed by atoms with Gasteiger partial charge in [-0.2, -0.15) is 0 Å². The van der Waals surface area contributed by atoms with Crippen molar-refractivity contribution in [3.8, 4) is 0 Å². The fourth-order valence-corrected chi connectivity index (χ4v) is 3.84. The predicted molar refractivity (Wildman–Crippen MR) is 93.8 cm³/mol. The zero-order valence-electron chi connectivity index (χ0n) is 14.1. The van der Waals surface area contributed by atoms with Crippen molar-refractivity contribution in [2.75, 3.05) is 44.2 Å². The topological polar surface area (TPSA) is 36.8 Å². The number of hydrogen-bond donors (Lipinski definition) is 2. The van der Waals surface area contributed by atoms with Crippen molar-refractivity contribution in [2.24, 2.45) is 5.92 Å². The lowest BCUT2D eigenvalue weighted by molar-refractivity contribution is -0.892. The second kappa shape index (κ2) is 8.34. The van der Waals surface area contributed by atoms with Crippen molar-refractivity contribution >= 4 is 11.6 Å². The van der Waals surface area contributed by atoms with Crippen LogP contribution in [-0.4, -0.2) is 45.2 Å². The van der Waals surface area contributed by atoms with Crippen molar-refractivity contribution in [1.82, 2.24) is 5.32 Å². The molecule has 1 heterocycles. The number of rotatable bonds is 5. The van der Waals surface area contributed by atoms with Gasteiger partial charge in [0.05, 0.1) is 26.2 Å². The van der Waals surface area contributed by atoms with Crippen LogP contribution in [-0.2, 0) is 4.79 Å². The highest BCUT2D eigenvalue weighted by atomic mass is 16.2. The molecular weight excluding hydrogens is 286 g/mol. The van der Waals surface area contributed by atoms with E-state index in [0.29, 0.717) is 6.54 Å². The number of carbonyl (C=O) groups is 1. The summed E-state index contributed by atoms with van der Waals surface area (Å²) in [4.78, 5) is 16.0. The summed E-state index contributed by atoms with van der Waals surface area (Å²) in [5.74, 6) is 0.955. The summed E-state index contributed by atoms with van der Waals surface area (Å²) >= 11 is 0. The van der Waals surface area contributed by atoms with E-state index < -0.39 is 0 Å². The molecule has 2 N–H and O–H groups in total. The molecule has 1 saturated carbocycles. The number of nitrogens with zero attached hydrogens (tertiary/aromatic N) is 1. The van der Waals surface area contributed by atoms with E-state index in [4.69, 9.17) is 0 Å². The van der Waals surface area contributed by atoms with Gasteiger partial charge in [0, 0.05) is 12.2 Å². The average molecular weight is 316 g/mol.